The Kier molecular flexibility index (Phi) is 6.41. The van der Waals surface area contributed by atoms with E-state index in [-0.39, 0.29) is 5.54 Å². The topological polar surface area (TPSA) is 49.4 Å². The van der Waals surface area contributed by atoms with E-state index in [2.05, 4.69) is 5.32 Å². The number of nitrogens with one attached hydrogen (secondary N) is 1. The van der Waals surface area contributed by atoms with E-state index in [0.717, 1.165) is 0 Å². The smallest absolute Gasteiger partial charge is 0.312 e. The minimum absolute atomic E-state index is 0.338. The van der Waals surface area contributed by atoms with Crippen molar-refractivity contribution >= 4 is 23.4 Å². The number of hydrogen-bond acceptors (Lipinski definition) is 2. The highest BCUT2D eigenvalue weighted by atomic mass is 35.5. The van der Waals surface area contributed by atoms with Crippen LogP contribution in [0.3, 0.4) is 0 Å². The molecule has 16 heavy (non-hydrogen) atoms. The monoisotopic (exact) mass is 248 g/mol. The van der Waals surface area contributed by atoms with Gasteiger partial charge in [-0.1, -0.05) is 0 Å². The minimum atomic E-state index is -0.554. The van der Waals surface area contributed by atoms with Gasteiger partial charge in [0.05, 0.1) is 0 Å². The SMILES string of the molecule is CCN(C(=O)C(=O)NCCCCl)C(C)(C)C. The van der Waals surface area contributed by atoms with E-state index in [4.69, 9.17) is 11.6 Å². The molecule has 0 aliphatic carbocycles. The summed E-state index contributed by atoms with van der Waals surface area (Å²) >= 11 is 5.48. The van der Waals surface area contributed by atoms with Crippen LogP contribution in [-0.2, 0) is 9.59 Å². The van der Waals surface area contributed by atoms with Gasteiger partial charge in [0.25, 0.3) is 0 Å². The third-order valence-electron chi connectivity index (χ3n) is 2.16. The first-order valence-electron chi connectivity index (χ1n) is 5.50. The van der Waals surface area contributed by atoms with Crippen LogP contribution in [0.25, 0.3) is 0 Å². The molecule has 0 bridgehead atoms. The summed E-state index contributed by atoms with van der Waals surface area (Å²) in [5.41, 5.74) is -0.338. The average Bonchev–Trinajstić information content (AvgIpc) is 2.16. The molecule has 2 amide bonds. The molecule has 94 valence electrons. The average molecular weight is 249 g/mol. The van der Waals surface area contributed by atoms with E-state index >= 15 is 0 Å². The van der Waals surface area contributed by atoms with Crippen molar-refractivity contribution in [1.29, 1.82) is 0 Å². The van der Waals surface area contributed by atoms with Crippen LogP contribution in [0, 0.1) is 0 Å². The van der Waals surface area contributed by atoms with Gasteiger partial charge in [-0.2, -0.15) is 0 Å². The van der Waals surface area contributed by atoms with Crippen molar-refractivity contribution in [3.05, 3.63) is 0 Å². The minimum Gasteiger partial charge on any atom is -0.348 e. The summed E-state index contributed by atoms with van der Waals surface area (Å²) in [4.78, 5) is 24.9. The molecule has 5 heteroatoms. The van der Waals surface area contributed by atoms with E-state index < -0.39 is 11.8 Å². The quantitative estimate of drug-likeness (QED) is 0.464. The number of alkyl halides is 1. The Morgan fingerprint density at radius 3 is 2.25 bits per heavy atom. The van der Waals surface area contributed by atoms with Crippen LogP contribution in [0.5, 0.6) is 0 Å². The fourth-order valence-electron chi connectivity index (χ4n) is 1.39. The fraction of sp³-hybridized carbons (Fsp3) is 0.818. The molecule has 0 aliphatic rings. The molecule has 0 saturated heterocycles. The third-order valence-corrected chi connectivity index (χ3v) is 2.43. The molecule has 0 saturated carbocycles. The van der Waals surface area contributed by atoms with Crippen LogP contribution < -0.4 is 5.32 Å². The first kappa shape index (κ1) is 15.2. The van der Waals surface area contributed by atoms with Gasteiger partial charge in [0, 0.05) is 24.5 Å². The molecule has 0 radical (unpaired) electrons. The largest absolute Gasteiger partial charge is 0.348 e. The van der Waals surface area contributed by atoms with Crippen LogP contribution in [0.4, 0.5) is 0 Å². The molecular formula is C11H21ClN2O2. The normalized spacial score (nSPS) is 11.1. The van der Waals surface area contributed by atoms with Crippen LogP contribution in [0.15, 0.2) is 0 Å². The molecule has 0 aromatic heterocycles. The van der Waals surface area contributed by atoms with Crippen molar-refractivity contribution < 1.29 is 9.59 Å². The standard InChI is InChI=1S/C11H21ClN2O2/c1-5-14(11(2,3)4)10(16)9(15)13-8-6-7-12/h5-8H2,1-4H3,(H,13,15). The van der Waals surface area contributed by atoms with Crippen LogP contribution >= 0.6 is 11.6 Å². The number of halogens is 1. The molecule has 0 heterocycles. The first-order valence-corrected chi connectivity index (χ1v) is 6.03. The molecule has 0 unspecified atom stereocenters. The van der Waals surface area contributed by atoms with Crippen molar-refractivity contribution in [1.82, 2.24) is 10.2 Å². The third kappa shape index (κ3) is 4.84. The summed E-state index contributed by atoms with van der Waals surface area (Å²) in [6, 6.07) is 0. The Labute approximate surface area is 102 Å². The zero-order chi connectivity index (χ0) is 12.8. The van der Waals surface area contributed by atoms with Crippen molar-refractivity contribution in [3.8, 4) is 0 Å². The van der Waals surface area contributed by atoms with Gasteiger partial charge in [-0.15, -0.1) is 11.6 Å². The van der Waals surface area contributed by atoms with Gasteiger partial charge in [-0.25, -0.2) is 0 Å². The number of rotatable bonds is 4. The molecule has 0 rings (SSSR count). The summed E-state index contributed by atoms with van der Waals surface area (Å²) in [6.45, 7) is 8.53. The molecule has 0 aromatic carbocycles. The number of likely N-dealkylation sites (N-methyl/N-ethyl adjacent to an activating group) is 1. The fourth-order valence-corrected chi connectivity index (χ4v) is 1.52. The maximum Gasteiger partial charge on any atom is 0.312 e. The summed E-state index contributed by atoms with van der Waals surface area (Å²) in [6.07, 6.45) is 0.669. The van der Waals surface area contributed by atoms with Crippen molar-refractivity contribution in [2.24, 2.45) is 0 Å². The molecule has 0 spiro atoms. The Hall–Kier alpha value is -0.770. The number of nitrogens with zero attached hydrogens (tertiary/aromatic N) is 1. The Bertz CT molecular complexity index is 249. The molecular weight excluding hydrogens is 228 g/mol. The van der Waals surface area contributed by atoms with E-state index in [0.29, 0.717) is 25.4 Å². The molecule has 4 nitrogen and oxygen atoms in total. The van der Waals surface area contributed by atoms with Gasteiger partial charge in [0.1, 0.15) is 0 Å². The van der Waals surface area contributed by atoms with Gasteiger partial charge in [0.15, 0.2) is 0 Å². The van der Waals surface area contributed by atoms with E-state index in [1.165, 1.54) is 0 Å². The second kappa shape index (κ2) is 6.74. The van der Waals surface area contributed by atoms with E-state index in [1.807, 2.05) is 27.7 Å². The van der Waals surface area contributed by atoms with Gasteiger partial charge in [-0.3, -0.25) is 9.59 Å². The molecule has 0 aromatic rings. The first-order chi connectivity index (χ1) is 7.34. The Morgan fingerprint density at radius 2 is 1.88 bits per heavy atom. The second-order valence-corrected chi connectivity index (χ2v) is 4.90. The van der Waals surface area contributed by atoms with Crippen LogP contribution in [0.1, 0.15) is 34.1 Å². The van der Waals surface area contributed by atoms with Gasteiger partial charge in [-0.05, 0) is 34.1 Å². The van der Waals surface area contributed by atoms with Crippen molar-refractivity contribution in [2.75, 3.05) is 19.0 Å². The van der Waals surface area contributed by atoms with Gasteiger partial charge >= 0.3 is 11.8 Å². The maximum atomic E-state index is 11.8. The number of carbonyl (C=O) groups is 2. The van der Waals surface area contributed by atoms with Crippen LogP contribution in [0.2, 0.25) is 0 Å². The lowest BCUT2D eigenvalue weighted by atomic mass is 10.1. The predicted octanol–water partition coefficient (Wildman–Crippen LogP) is 1.38. The Balaban J connectivity index is 4.35. The summed E-state index contributed by atoms with van der Waals surface area (Å²) in [5.74, 6) is -0.558. The summed E-state index contributed by atoms with van der Waals surface area (Å²) < 4.78 is 0. The predicted molar refractivity (Wildman–Crippen MR) is 65.5 cm³/mol. The molecule has 0 fully saturated rings. The second-order valence-electron chi connectivity index (χ2n) is 4.52. The highest BCUT2D eigenvalue weighted by Gasteiger charge is 2.29. The molecule has 0 atom stereocenters. The summed E-state index contributed by atoms with van der Waals surface area (Å²) in [7, 11) is 0. The lowest BCUT2D eigenvalue weighted by molar-refractivity contribution is -0.148. The molecule has 0 aliphatic heterocycles. The maximum absolute atomic E-state index is 11.8. The lowest BCUT2D eigenvalue weighted by Gasteiger charge is -2.34. The lowest BCUT2D eigenvalue weighted by Crippen LogP contribution is -2.51. The summed E-state index contributed by atoms with van der Waals surface area (Å²) in [5, 5.41) is 2.56. The molecule has 1 N–H and O–H groups in total. The van der Waals surface area contributed by atoms with Crippen LogP contribution in [-0.4, -0.2) is 41.2 Å². The zero-order valence-electron chi connectivity index (χ0n) is 10.5. The highest BCUT2D eigenvalue weighted by Crippen LogP contribution is 2.12. The van der Waals surface area contributed by atoms with Crippen molar-refractivity contribution in [3.63, 3.8) is 0 Å². The van der Waals surface area contributed by atoms with Gasteiger partial charge in [0.2, 0.25) is 0 Å². The number of hydrogen-bond donors (Lipinski definition) is 1. The van der Waals surface area contributed by atoms with Gasteiger partial charge < -0.3 is 10.2 Å². The highest BCUT2D eigenvalue weighted by molar-refractivity contribution is 6.35. The van der Waals surface area contributed by atoms with Crippen molar-refractivity contribution in [2.45, 2.75) is 39.7 Å². The van der Waals surface area contributed by atoms with E-state index in [1.54, 1.807) is 4.90 Å². The number of carbonyl (C=O) groups excluding carboxylic acids is 2. The van der Waals surface area contributed by atoms with E-state index in [9.17, 15) is 9.59 Å². The zero-order valence-corrected chi connectivity index (χ0v) is 11.2. The Morgan fingerprint density at radius 1 is 1.31 bits per heavy atom. The number of amides is 2.